The fourth-order valence-corrected chi connectivity index (χ4v) is 1.49. The molecule has 0 unspecified atom stereocenters. The number of aliphatic carboxylic acids is 1. The van der Waals surface area contributed by atoms with E-state index in [1.807, 2.05) is 6.92 Å². The second-order valence-electron chi connectivity index (χ2n) is 3.95. The number of nitrogens with one attached hydrogen (secondary N) is 1. The Balaban J connectivity index is 2.50. The minimum atomic E-state index is -1.22. The monoisotopic (exact) mass is 230 g/mol. The maximum atomic E-state index is 11.7. The minimum Gasteiger partial charge on any atom is -0.480 e. The molecule has 0 heterocycles. The van der Waals surface area contributed by atoms with Crippen molar-refractivity contribution in [3.05, 3.63) is 0 Å². The molecule has 6 heteroatoms. The van der Waals surface area contributed by atoms with Crippen LogP contribution < -0.4 is 5.32 Å². The van der Waals surface area contributed by atoms with Gasteiger partial charge in [0, 0.05) is 12.6 Å². The number of amides is 2. The highest BCUT2D eigenvalue weighted by Crippen LogP contribution is 2.26. The first-order valence-electron chi connectivity index (χ1n) is 5.51. The van der Waals surface area contributed by atoms with E-state index in [1.165, 1.54) is 0 Å². The summed E-state index contributed by atoms with van der Waals surface area (Å²) in [5, 5.41) is 19.8. The first-order valence-corrected chi connectivity index (χ1v) is 5.51. The van der Waals surface area contributed by atoms with Crippen LogP contribution in [0.1, 0.15) is 26.2 Å². The zero-order valence-corrected chi connectivity index (χ0v) is 9.35. The van der Waals surface area contributed by atoms with Crippen molar-refractivity contribution in [2.24, 2.45) is 0 Å². The van der Waals surface area contributed by atoms with Gasteiger partial charge in [0.05, 0.1) is 6.61 Å². The average molecular weight is 230 g/mol. The molecular weight excluding hydrogens is 212 g/mol. The molecule has 6 nitrogen and oxygen atoms in total. The Labute approximate surface area is 94.2 Å². The van der Waals surface area contributed by atoms with Crippen LogP contribution in [0, 0.1) is 0 Å². The number of nitrogens with zero attached hydrogens (tertiary/aromatic N) is 1. The number of hydrogen-bond acceptors (Lipinski definition) is 3. The largest absolute Gasteiger partial charge is 0.480 e. The summed E-state index contributed by atoms with van der Waals surface area (Å²) in [5.74, 6) is -1.22. The van der Waals surface area contributed by atoms with Crippen molar-refractivity contribution in [3.8, 4) is 0 Å². The van der Waals surface area contributed by atoms with Gasteiger partial charge in [0.2, 0.25) is 0 Å². The van der Waals surface area contributed by atoms with Crippen molar-refractivity contribution in [2.75, 3.05) is 13.2 Å². The molecule has 1 atom stereocenters. The van der Waals surface area contributed by atoms with Crippen LogP contribution >= 0.6 is 0 Å². The van der Waals surface area contributed by atoms with Crippen LogP contribution in [-0.4, -0.2) is 52.3 Å². The first kappa shape index (κ1) is 12.8. The second kappa shape index (κ2) is 5.69. The highest BCUT2D eigenvalue weighted by molar-refractivity contribution is 5.83. The molecule has 0 spiro atoms. The molecule has 0 bridgehead atoms. The van der Waals surface area contributed by atoms with Gasteiger partial charge in [0.25, 0.3) is 0 Å². The van der Waals surface area contributed by atoms with Crippen LogP contribution in [-0.2, 0) is 4.79 Å². The van der Waals surface area contributed by atoms with E-state index in [-0.39, 0.29) is 6.04 Å². The van der Waals surface area contributed by atoms with Crippen molar-refractivity contribution in [1.29, 1.82) is 0 Å². The predicted molar refractivity (Wildman–Crippen MR) is 57.1 cm³/mol. The van der Waals surface area contributed by atoms with Crippen LogP contribution in [0.2, 0.25) is 0 Å². The Morgan fingerprint density at radius 1 is 1.50 bits per heavy atom. The standard InChI is InChI=1S/C10H18N2O4/c1-2-5-12(7-3-4-7)10(16)11-8(6-13)9(14)15/h7-8,13H,2-6H2,1H3,(H,11,16)(H,14,15)/t8-/m0/s1. The number of hydrogen-bond donors (Lipinski definition) is 3. The summed E-state index contributed by atoms with van der Waals surface area (Å²) in [4.78, 5) is 24.0. The number of carbonyl (C=O) groups is 2. The average Bonchev–Trinajstić information content (AvgIpc) is 3.05. The van der Waals surface area contributed by atoms with E-state index in [4.69, 9.17) is 10.2 Å². The molecule has 92 valence electrons. The molecule has 2 amide bonds. The highest BCUT2D eigenvalue weighted by atomic mass is 16.4. The lowest BCUT2D eigenvalue weighted by Crippen LogP contribution is -2.50. The number of aliphatic hydroxyl groups excluding tert-OH is 1. The summed E-state index contributed by atoms with van der Waals surface area (Å²) >= 11 is 0. The van der Waals surface area contributed by atoms with Gasteiger partial charge in [-0.3, -0.25) is 0 Å². The van der Waals surface area contributed by atoms with E-state index in [9.17, 15) is 9.59 Å². The topological polar surface area (TPSA) is 89.9 Å². The van der Waals surface area contributed by atoms with Gasteiger partial charge in [-0.25, -0.2) is 9.59 Å². The van der Waals surface area contributed by atoms with Gasteiger partial charge in [-0.2, -0.15) is 0 Å². The number of rotatable bonds is 6. The summed E-state index contributed by atoms with van der Waals surface area (Å²) < 4.78 is 0. The molecule has 1 saturated carbocycles. The van der Waals surface area contributed by atoms with Crippen LogP contribution in [0.25, 0.3) is 0 Å². The zero-order chi connectivity index (χ0) is 12.1. The minimum absolute atomic E-state index is 0.244. The predicted octanol–water partition coefficient (Wildman–Crippen LogP) is 0.0159. The molecule has 1 aliphatic carbocycles. The summed E-state index contributed by atoms with van der Waals surface area (Å²) in [5.41, 5.74) is 0. The van der Waals surface area contributed by atoms with Crippen molar-refractivity contribution in [2.45, 2.75) is 38.3 Å². The van der Waals surface area contributed by atoms with Gasteiger partial charge >= 0.3 is 12.0 Å². The molecule has 16 heavy (non-hydrogen) atoms. The molecule has 0 aliphatic heterocycles. The number of carboxylic acids is 1. The summed E-state index contributed by atoms with van der Waals surface area (Å²) in [6.45, 7) is 1.99. The van der Waals surface area contributed by atoms with Gasteiger partial charge in [-0.05, 0) is 19.3 Å². The summed E-state index contributed by atoms with van der Waals surface area (Å²) in [6, 6.07) is -1.37. The number of aliphatic hydroxyl groups is 1. The van der Waals surface area contributed by atoms with Gasteiger partial charge in [0.1, 0.15) is 0 Å². The smallest absolute Gasteiger partial charge is 0.328 e. The summed E-state index contributed by atoms with van der Waals surface area (Å²) in [7, 11) is 0. The zero-order valence-electron chi connectivity index (χ0n) is 9.35. The Morgan fingerprint density at radius 3 is 2.50 bits per heavy atom. The maximum Gasteiger partial charge on any atom is 0.328 e. The summed E-state index contributed by atoms with van der Waals surface area (Å²) in [6.07, 6.45) is 2.79. The molecule has 0 aromatic heterocycles. The third kappa shape index (κ3) is 3.37. The lowest BCUT2D eigenvalue weighted by atomic mass is 10.3. The van der Waals surface area contributed by atoms with Crippen molar-refractivity contribution >= 4 is 12.0 Å². The molecule has 0 aromatic rings. The van der Waals surface area contributed by atoms with Crippen LogP contribution in [0.5, 0.6) is 0 Å². The molecule has 1 rings (SSSR count). The SMILES string of the molecule is CCCN(C(=O)N[C@@H](CO)C(=O)O)C1CC1. The Kier molecular flexibility index (Phi) is 4.54. The molecule has 0 aromatic carbocycles. The lowest BCUT2D eigenvalue weighted by Gasteiger charge is -2.23. The molecular formula is C10H18N2O4. The third-order valence-corrected chi connectivity index (χ3v) is 2.49. The Bertz CT molecular complexity index is 266. The molecule has 0 saturated heterocycles. The first-order chi connectivity index (χ1) is 7.60. The molecule has 3 N–H and O–H groups in total. The Morgan fingerprint density at radius 2 is 2.12 bits per heavy atom. The fourth-order valence-electron chi connectivity index (χ4n) is 1.49. The number of urea groups is 1. The quantitative estimate of drug-likeness (QED) is 0.600. The van der Waals surface area contributed by atoms with Gasteiger partial charge in [-0.15, -0.1) is 0 Å². The van der Waals surface area contributed by atoms with E-state index in [0.29, 0.717) is 6.54 Å². The lowest BCUT2D eigenvalue weighted by molar-refractivity contribution is -0.140. The number of carbonyl (C=O) groups excluding carboxylic acids is 1. The Hall–Kier alpha value is -1.30. The van der Waals surface area contributed by atoms with Crippen molar-refractivity contribution < 1.29 is 19.8 Å². The molecule has 1 aliphatic rings. The fraction of sp³-hybridized carbons (Fsp3) is 0.800. The second-order valence-corrected chi connectivity index (χ2v) is 3.95. The van der Waals surface area contributed by atoms with E-state index in [2.05, 4.69) is 5.32 Å². The third-order valence-electron chi connectivity index (χ3n) is 2.49. The van der Waals surface area contributed by atoms with E-state index in [0.717, 1.165) is 19.3 Å². The van der Waals surface area contributed by atoms with E-state index < -0.39 is 24.6 Å². The maximum absolute atomic E-state index is 11.7. The van der Waals surface area contributed by atoms with Crippen LogP contribution in [0.4, 0.5) is 4.79 Å². The molecule has 0 radical (unpaired) electrons. The normalized spacial score (nSPS) is 16.6. The van der Waals surface area contributed by atoms with Gasteiger partial charge < -0.3 is 20.4 Å². The van der Waals surface area contributed by atoms with Crippen molar-refractivity contribution in [3.63, 3.8) is 0 Å². The van der Waals surface area contributed by atoms with Gasteiger partial charge in [0.15, 0.2) is 6.04 Å². The number of carboxylic acid groups (broad SMARTS) is 1. The van der Waals surface area contributed by atoms with E-state index >= 15 is 0 Å². The van der Waals surface area contributed by atoms with E-state index in [1.54, 1.807) is 4.90 Å². The molecule has 1 fully saturated rings. The van der Waals surface area contributed by atoms with Gasteiger partial charge in [-0.1, -0.05) is 6.92 Å². The highest BCUT2D eigenvalue weighted by Gasteiger charge is 2.33. The van der Waals surface area contributed by atoms with Crippen LogP contribution in [0.3, 0.4) is 0 Å². The van der Waals surface area contributed by atoms with Crippen molar-refractivity contribution in [1.82, 2.24) is 10.2 Å². The van der Waals surface area contributed by atoms with Crippen LogP contribution in [0.15, 0.2) is 0 Å².